The fourth-order valence-corrected chi connectivity index (χ4v) is 2.48. The topological polar surface area (TPSA) is 61.0 Å². The Labute approximate surface area is 144 Å². The molecule has 0 aliphatic carbocycles. The summed E-state index contributed by atoms with van der Waals surface area (Å²) in [5.74, 6) is 0.0239. The first-order valence-corrected chi connectivity index (χ1v) is 8.30. The average Bonchev–Trinajstić information content (AvgIpc) is 3.00. The van der Waals surface area contributed by atoms with Crippen LogP contribution in [-0.2, 0) is 23.2 Å². The van der Waals surface area contributed by atoms with Crippen molar-refractivity contribution in [3.05, 3.63) is 53.3 Å². The highest BCUT2D eigenvalue weighted by atomic mass is 16.2. The van der Waals surface area contributed by atoms with E-state index >= 15 is 0 Å². The van der Waals surface area contributed by atoms with E-state index in [0.717, 1.165) is 17.0 Å². The quantitative estimate of drug-likeness (QED) is 0.856. The third-order valence-corrected chi connectivity index (χ3v) is 4.05. The fourth-order valence-electron chi connectivity index (χ4n) is 2.48. The predicted molar refractivity (Wildman–Crippen MR) is 96.8 cm³/mol. The van der Waals surface area contributed by atoms with E-state index in [4.69, 9.17) is 0 Å². The minimum Gasteiger partial charge on any atom is -0.349 e. The van der Waals surface area contributed by atoms with Crippen LogP contribution < -0.4 is 5.32 Å². The lowest BCUT2D eigenvalue weighted by atomic mass is 9.92. The summed E-state index contributed by atoms with van der Waals surface area (Å²) in [6.45, 7) is 6.81. The number of amides is 1. The monoisotopic (exact) mass is 328 g/mol. The first-order chi connectivity index (χ1) is 11.3. The molecule has 5 nitrogen and oxygen atoms in total. The van der Waals surface area contributed by atoms with Gasteiger partial charge in [0.25, 0.3) is 0 Å². The van der Waals surface area contributed by atoms with Gasteiger partial charge >= 0.3 is 0 Å². The molecule has 0 saturated heterocycles. The molecule has 1 heterocycles. The molecule has 24 heavy (non-hydrogen) atoms. The number of benzene rings is 1. The summed E-state index contributed by atoms with van der Waals surface area (Å²) in [6, 6.07) is 11.9. The molecule has 0 radical (unpaired) electrons. The van der Waals surface area contributed by atoms with Crippen molar-refractivity contribution in [2.45, 2.75) is 45.2 Å². The van der Waals surface area contributed by atoms with Crippen molar-refractivity contribution in [3.63, 3.8) is 0 Å². The highest BCUT2D eigenvalue weighted by molar-refractivity contribution is 5.82. The van der Waals surface area contributed by atoms with Crippen LogP contribution in [-0.4, -0.2) is 41.1 Å². The van der Waals surface area contributed by atoms with Gasteiger partial charge in [-0.25, -0.2) is 0 Å². The van der Waals surface area contributed by atoms with Crippen LogP contribution in [0.25, 0.3) is 0 Å². The number of aromatic amines is 1. The normalized spacial score (nSPS) is 13.1. The Morgan fingerprint density at radius 2 is 1.92 bits per heavy atom. The molecule has 2 N–H and O–H groups in total. The Hall–Kier alpha value is -2.14. The third kappa shape index (κ3) is 4.93. The number of aromatic nitrogens is 2. The van der Waals surface area contributed by atoms with Gasteiger partial charge in [0.2, 0.25) is 5.91 Å². The number of hydrogen-bond acceptors (Lipinski definition) is 3. The summed E-state index contributed by atoms with van der Waals surface area (Å²) in [5, 5.41) is 10.3. The van der Waals surface area contributed by atoms with Crippen molar-refractivity contribution in [3.8, 4) is 0 Å². The first kappa shape index (κ1) is 18.2. The van der Waals surface area contributed by atoms with Gasteiger partial charge in [0, 0.05) is 5.41 Å². The van der Waals surface area contributed by atoms with Gasteiger partial charge in [-0.15, -0.1) is 0 Å². The van der Waals surface area contributed by atoms with Gasteiger partial charge in [-0.2, -0.15) is 5.10 Å². The van der Waals surface area contributed by atoms with Crippen molar-refractivity contribution < 1.29 is 4.79 Å². The van der Waals surface area contributed by atoms with Crippen LogP contribution in [0.1, 0.15) is 37.7 Å². The molecule has 1 aromatic heterocycles. The molecule has 2 aromatic rings. The molecule has 0 fully saturated rings. The van der Waals surface area contributed by atoms with Gasteiger partial charge < -0.3 is 5.32 Å². The number of carbonyl (C=O) groups is 1. The van der Waals surface area contributed by atoms with E-state index < -0.39 is 0 Å². The van der Waals surface area contributed by atoms with Crippen molar-refractivity contribution >= 4 is 5.91 Å². The molecule has 0 bridgehead atoms. The van der Waals surface area contributed by atoms with Crippen molar-refractivity contribution in [1.29, 1.82) is 0 Å². The minimum absolute atomic E-state index is 0.00175. The average molecular weight is 328 g/mol. The SMILES string of the molecule is CN(C)[C@@H](Cc1ccccc1)C(=O)NCc1cc(C(C)(C)C)n[nH]1. The molecule has 130 valence electrons. The molecule has 0 aliphatic rings. The zero-order valence-electron chi connectivity index (χ0n) is 15.3. The van der Waals surface area contributed by atoms with Crippen LogP contribution in [0.2, 0.25) is 0 Å². The second-order valence-corrected chi connectivity index (χ2v) is 7.42. The van der Waals surface area contributed by atoms with Crippen LogP contribution in [0.3, 0.4) is 0 Å². The Morgan fingerprint density at radius 1 is 1.25 bits per heavy atom. The van der Waals surface area contributed by atoms with Crippen molar-refractivity contribution in [2.24, 2.45) is 0 Å². The van der Waals surface area contributed by atoms with Crippen LogP contribution in [0.15, 0.2) is 36.4 Å². The summed E-state index contributed by atoms with van der Waals surface area (Å²) in [6.07, 6.45) is 0.690. The van der Waals surface area contributed by atoms with Crippen LogP contribution >= 0.6 is 0 Å². The largest absolute Gasteiger partial charge is 0.349 e. The molecule has 1 aromatic carbocycles. The molecular formula is C19H28N4O. The lowest BCUT2D eigenvalue weighted by Crippen LogP contribution is -2.44. The second-order valence-electron chi connectivity index (χ2n) is 7.42. The maximum atomic E-state index is 12.6. The number of carbonyl (C=O) groups excluding carboxylic acids is 1. The highest BCUT2D eigenvalue weighted by Crippen LogP contribution is 2.20. The molecule has 2 rings (SSSR count). The van der Waals surface area contributed by atoms with Gasteiger partial charge in [0.05, 0.1) is 24.0 Å². The van der Waals surface area contributed by atoms with Gasteiger partial charge in [-0.1, -0.05) is 51.1 Å². The summed E-state index contributed by atoms with van der Waals surface area (Å²) >= 11 is 0. The number of nitrogens with one attached hydrogen (secondary N) is 2. The molecule has 1 atom stereocenters. The Balaban J connectivity index is 1.97. The molecular weight excluding hydrogens is 300 g/mol. The highest BCUT2D eigenvalue weighted by Gasteiger charge is 2.22. The minimum atomic E-state index is -0.197. The van der Waals surface area contributed by atoms with E-state index in [1.807, 2.05) is 55.4 Å². The summed E-state index contributed by atoms with van der Waals surface area (Å²) in [5.41, 5.74) is 3.08. The summed E-state index contributed by atoms with van der Waals surface area (Å²) in [7, 11) is 3.86. The van der Waals surface area contributed by atoms with Crippen molar-refractivity contribution in [2.75, 3.05) is 14.1 Å². The van der Waals surface area contributed by atoms with Gasteiger partial charge in [0.15, 0.2) is 0 Å². The fraction of sp³-hybridized carbons (Fsp3) is 0.474. The van der Waals surface area contributed by atoms with Crippen LogP contribution in [0, 0.1) is 0 Å². The molecule has 5 heteroatoms. The van der Waals surface area contributed by atoms with Crippen LogP contribution in [0.4, 0.5) is 0 Å². The number of rotatable bonds is 6. The maximum absolute atomic E-state index is 12.6. The zero-order valence-corrected chi connectivity index (χ0v) is 15.3. The second kappa shape index (κ2) is 7.62. The number of likely N-dealkylation sites (N-methyl/N-ethyl adjacent to an activating group) is 1. The number of hydrogen-bond donors (Lipinski definition) is 2. The summed E-state index contributed by atoms with van der Waals surface area (Å²) in [4.78, 5) is 14.5. The van der Waals surface area contributed by atoms with Crippen molar-refractivity contribution in [1.82, 2.24) is 20.4 Å². The van der Waals surface area contributed by atoms with Gasteiger partial charge in [-0.05, 0) is 32.1 Å². The Morgan fingerprint density at radius 3 is 2.46 bits per heavy atom. The number of nitrogens with zero attached hydrogens (tertiary/aromatic N) is 2. The van der Waals surface area contributed by atoms with E-state index in [-0.39, 0.29) is 17.4 Å². The van der Waals surface area contributed by atoms with E-state index in [2.05, 4.69) is 36.3 Å². The zero-order chi connectivity index (χ0) is 17.7. The van der Waals surface area contributed by atoms with Gasteiger partial charge in [-0.3, -0.25) is 14.8 Å². The number of H-pyrrole nitrogens is 1. The Bertz CT molecular complexity index is 656. The standard InChI is InChI=1S/C19H28N4O/c1-19(2,3)17-12-15(21-22-17)13-20-18(24)16(23(4)5)11-14-9-7-6-8-10-14/h6-10,12,16H,11,13H2,1-5H3,(H,20,24)(H,21,22)/t16-/m0/s1. The van der Waals surface area contributed by atoms with E-state index in [0.29, 0.717) is 13.0 Å². The van der Waals surface area contributed by atoms with Gasteiger partial charge in [0.1, 0.15) is 0 Å². The molecule has 0 unspecified atom stereocenters. The Kier molecular flexibility index (Phi) is 5.78. The smallest absolute Gasteiger partial charge is 0.238 e. The summed E-state index contributed by atoms with van der Waals surface area (Å²) < 4.78 is 0. The molecule has 0 spiro atoms. The maximum Gasteiger partial charge on any atom is 0.238 e. The lowest BCUT2D eigenvalue weighted by molar-refractivity contribution is -0.125. The van der Waals surface area contributed by atoms with E-state index in [9.17, 15) is 4.79 Å². The third-order valence-electron chi connectivity index (χ3n) is 4.05. The predicted octanol–water partition coefficient (Wildman–Crippen LogP) is 2.50. The lowest BCUT2D eigenvalue weighted by Gasteiger charge is -2.23. The molecule has 0 saturated carbocycles. The first-order valence-electron chi connectivity index (χ1n) is 8.30. The van der Waals surface area contributed by atoms with E-state index in [1.54, 1.807) is 0 Å². The van der Waals surface area contributed by atoms with Crippen LogP contribution in [0.5, 0.6) is 0 Å². The van der Waals surface area contributed by atoms with E-state index in [1.165, 1.54) is 0 Å². The molecule has 1 amide bonds. The molecule has 0 aliphatic heterocycles.